The average molecular weight is 308 g/mol. The summed E-state index contributed by atoms with van der Waals surface area (Å²) in [6, 6.07) is 5.45. The third-order valence-electron chi connectivity index (χ3n) is 5.24. The van der Waals surface area contributed by atoms with Crippen molar-refractivity contribution in [3.63, 3.8) is 0 Å². The van der Waals surface area contributed by atoms with Crippen LogP contribution in [0.5, 0.6) is 0 Å². The monoisotopic (exact) mass is 308 g/mol. The number of halogens is 1. The maximum atomic E-state index is 14.7. The molecule has 0 saturated carbocycles. The number of allylic oxidation sites excluding steroid dienone is 5. The fourth-order valence-electron chi connectivity index (χ4n) is 4.00. The van der Waals surface area contributed by atoms with Crippen LogP contribution in [-0.4, -0.2) is 16.7 Å². The van der Waals surface area contributed by atoms with Gasteiger partial charge in [0.15, 0.2) is 0 Å². The van der Waals surface area contributed by atoms with Crippen molar-refractivity contribution in [2.75, 3.05) is 0 Å². The average Bonchev–Trinajstić information content (AvgIpc) is 3.23. The van der Waals surface area contributed by atoms with E-state index < -0.39 is 0 Å². The predicted octanol–water partition coefficient (Wildman–Crippen LogP) is 4.69. The highest BCUT2D eigenvalue weighted by Gasteiger charge is 2.45. The van der Waals surface area contributed by atoms with Crippen molar-refractivity contribution in [2.45, 2.75) is 45.6 Å². The van der Waals surface area contributed by atoms with Crippen molar-refractivity contribution in [3.05, 3.63) is 70.5 Å². The highest BCUT2D eigenvalue weighted by molar-refractivity contribution is 6.17. The van der Waals surface area contributed by atoms with Crippen molar-refractivity contribution in [2.24, 2.45) is 4.99 Å². The molecule has 0 bridgehead atoms. The van der Waals surface area contributed by atoms with Gasteiger partial charge in [0.05, 0.1) is 23.1 Å². The number of hydrogen-bond acceptors (Lipinski definition) is 2. The molecule has 3 heterocycles. The van der Waals surface area contributed by atoms with Crippen molar-refractivity contribution in [1.82, 2.24) is 4.90 Å². The smallest absolute Gasteiger partial charge is 0.127 e. The third kappa shape index (κ3) is 1.89. The Kier molecular flexibility index (Phi) is 2.93. The van der Waals surface area contributed by atoms with Crippen molar-refractivity contribution >= 4 is 5.71 Å². The second-order valence-corrected chi connectivity index (χ2v) is 7.02. The number of rotatable bonds is 2. The molecule has 0 saturated heterocycles. The molecule has 3 aliphatic rings. The summed E-state index contributed by atoms with van der Waals surface area (Å²) in [6.45, 7) is 8.43. The van der Waals surface area contributed by atoms with Gasteiger partial charge in [-0.3, -0.25) is 4.99 Å². The number of nitrogens with zero attached hydrogens (tertiary/aromatic N) is 2. The van der Waals surface area contributed by atoms with Gasteiger partial charge in [-0.1, -0.05) is 39.0 Å². The maximum absolute atomic E-state index is 14.7. The molecule has 0 unspecified atom stereocenters. The fourth-order valence-corrected chi connectivity index (χ4v) is 4.00. The summed E-state index contributed by atoms with van der Waals surface area (Å²) >= 11 is 0. The van der Waals surface area contributed by atoms with Crippen LogP contribution in [0.4, 0.5) is 4.39 Å². The molecule has 0 aromatic heterocycles. The van der Waals surface area contributed by atoms with E-state index in [9.17, 15) is 4.39 Å². The van der Waals surface area contributed by atoms with Crippen LogP contribution >= 0.6 is 0 Å². The summed E-state index contributed by atoms with van der Waals surface area (Å²) in [6.07, 6.45) is 7.15. The standard InChI is InChI=1S/C20H21FN2/c1-5-16-20(3,4)17-13(9-7-10-14(17)21)18(22-16)19-15-11-6-8-12(2)23(15)19/h6-11,16H,5H2,1-4H3/t16-,23?/m1/s1. The zero-order valence-electron chi connectivity index (χ0n) is 14.0. The Hall–Kier alpha value is -2.16. The Morgan fingerprint density at radius 3 is 2.78 bits per heavy atom. The van der Waals surface area contributed by atoms with E-state index in [-0.39, 0.29) is 17.3 Å². The first kappa shape index (κ1) is 14.4. The Bertz CT molecular complexity index is 824. The first-order valence-electron chi connectivity index (χ1n) is 8.23. The fraction of sp³-hybridized carbons (Fsp3) is 0.350. The van der Waals surface area contributed by atoms with Gasteiger partial charge in [0, 0.05) is 22.2 Å². The van der Waals surface area contributed by atoms with E-state index in [1.165, 1.54) is 11.4 Å². The van der Waals surface area contributed by atoms with Crippen LogP contribution in [0.15, 0.2) is 58.5 Å². The van der Waals surface area contributed by atoms with Crippen molar-refractivity contribution in [1.29, 1.82) is 0 Å². The molecular weight excluding hydrogens is 287 g/mol. The molecule has 0 amide bonds. The molecule has 0 N–H and O–H groups in total. The molecule has 2 nitrogen and oxygen atoms in total. The van der Waals surface area contributed by atoms with E-state index in [4.69, 9.17) is 4.99 Å². The second kappa shape index (κ2) is 4.67. The van der Waals surface area contributed by atoms with Crippen LogP contribution in [0.2, 0.25) is 0 Å². The van der Waals surface area contributed by atoms with Gasteiger partial charge >= 0.3 is 0 Å². The lowest BCUT2D eigenvalue weighted by Crippen LogP contribution is -2.39. The van der Waals surface area contributed by atoms with Crippen molar-refractivity contribution < 1.29 is 4.39 Å². The SMILES string of the molecule is CC[C@H]1N=C(C2=C3C=CC=C(C)N32)c2cccc(F)c2C1(C)C. The molecule has 0 radical (unpaired) electrons. The quantitative estimate of drug-likeness (QED) is 0.774. The zero-order valence-corrected chi connectivity index (χ0v) is 14.0. The highest BCUT2D eigenvalue weighted by Crippen LogP contribution is 2.47. The molecule has 1 aromatic rings. The van der Waals surface area contributed by atoms with E-state index in [1.54, 1.807) is 12.1 Å². The minimum absolute atomic E-state index is 0.0899. The summed E-state index contributed by atoms with van der Waals surface area (Å²) in [7, 11) is 0. The lowest BCUT2D eigenvalue weighted by molar-refractivity contribution is 0.378. The molecule has 3 heteroatoms. The molecule has 1 atom stereocenters. The van der Waals surface area contributed by atoms with Crippen LogP contribution in [0.1, 0.15) is 45.2 Å². The van der Waals surface area contributed by atoms with Gasteiger partial charge in [-0.15, -0.1) is 0 Å². The molecule has 3 aliphatic heterocycles. The minimum atomic E-state index is -0.291. The second-order valence-electron chi connectivity index (χ2n) is 7.02. The van der Waals surface area contributed by atoms with Crippen LogP contribution < -0.4 is 0 Å². The Morgan fingerprint density at radius 1 is 1.30 bits per heavy atom. The Morgan fingerprint density at radius 2 is 2.09 bits per heavy atom. The van der Waals surface area contributed by atoms with Gasteiger partial charge in [0.2, 0.25) is 0 Å². The molecule has 1 aromatic carbocycles. The zero-order chi connectivity index (χ0) is 16.4. The van der Waals surface area contributed by atoms with Crippen molar-refractivity contribution in [3.8, 4) is 0 Å². The summed E-state index contributed by atoms with van der Waals surface area (Å²) < 4.78 is 14.7. The maximum Gasteiger partial charge on any atom is 0.127 e. The summed E-state index contributed by atoms with van der Waals surface area (Å²) in [5.74, 6) is -0.120. The molecular formula is C20H21FN2. The van der Waals surface area contributed by atoms with Gasteiger partial charge in [-0.25, -0.2) is 4.39 Å². The molecule has 23 heavy (non-hydrogen) atoms. The summed E-state index contributed by atoms with van der Waals surface area (Å²) in [5.41, 5.74) is 5.91. The van der Waals surface area contributed by atoms with Gasteiger partial charge < -0.3 is 4.90 Å². The first-order valence-corrected chi connectivity index (χ1v) is 8.23. The number of aliphatic imine (C=N–C) groups is 1. The van der Waals surface area contributed by atoms with E-state index in [1.807, 2.05) is 6.07 Å². The molecule has 0 fully saturated rings. The van der Waals surface area contributed by atoms with Gasteiger partial charge in [0.25, 0.3) is 0 Å². The lowest BCUT2D eigenvalue weighted by atomic mass is 9.71. The van der Waals surface area contributed by atoms with E-state index in [2.05, 4.69) is 50.8 Å². The van der Waals surface area contributed by atoms with Gasteiger partial charge in [0.1, 0.15) is 5.82 Å². The largest absolute Gasteiger partial charge is 0.308 e. The molecule has 118 valence electrons. The topological polar surface area (TPSA) is 15.4 Å². The molecule has 0 spiro atoms. The van der Waals surface area contributed by atoms with Gasteiger partial charge in [-0.05, 0) is 31.6 Å². The molecule has 4 rings (SSSR count). The first-order chi connectivity index (χ1) is 11.0. The number of hydrogen-bond donors (Lipinski definition) is 0. The van der Waals surface area contributed by atoms with Gasteiger partial charge in [-0.2, -0.15) is 0 Å². The normalized spacial score (nSPS) is 24.0. The van der Waals surface area contributed by atoms with Crippen LogP contribution in [0, 0.1) is 5.82 Å². The Labute approximate surface area is 136 Å². The van der Waals surface area contributed by atoms with E-state index in [0.29, 0.717) is 0 Å². The van der Waals surface area contributed by atoms with Crippen LogP contribution in [-0.2, 0) is 5.41 Å². The van der Waals surface area contributed by atoms with Crippen LogP contribution in [0.25, 0.3) is 0 Å². The number of benzene rings is 1. The summed E-state index contributed by atoms with van der Waals surface area (Å²) in [5, 5.41) is 0. The number of fused-ring (bicyclic) bond motifs is 2. The summed E-state index contributed by atoms with van der Waals surface area (Å²) in [4.78, 5) is 7.25. The lowest BCUT2D eigenvalue weighted by Gasteiger charge is -2.38. The highest BCUT2D eigenvalue weighted by atomic mass is 19.1. The minimum Gasteiger partial charge on any atom is -0.308 e. The third-order valence-corrected chi connectivity index (χ3v) is 5.24. The Balaban J connectivity index is 1.91. The molecule has 0 aliphatic carbocycles. The van der Waals surface area contributed by atoms with Crippen LogP contribution in [0.3, 0.4) is 0 Å². The van der Waals surface area contributed by atoms with E-state index in [0.717, 1.165) is 29.0 Å². The predicted molar refractivity (Wildman–Crippen MR) is 91.8 cm³/mol. The van der Waals surface area contributed by atoms with E-state index >= 15 is 0 Å².